The number of aliphatic hydroxyl groups is 1. The molecule has 0 heterocycles. The molecular weight excluding hydrogens is 182 g/mol. The zero-order valence-electron chi connectivity index (χ0n) is 9.05. The second-order valence-corrected chi connectivity index (χ2v) is 5.00. The molecule has 0 radical (unpaired) electrons. The molecule has 0 spiro atoms. The predicted molar refractivity (Wildman–Crippen MR) is 61.4 cm³/mol. The smallest absolute Gasteiger partial charge is 0.0438 e. The Hall–Kier alpha value is 0.270. The van der Waals surface area contributed by atoms with Crippen molar-refractivity contribution in [2.75, 3.05) is 18.9 Å². The quantitative estimate of drug-likeness (QED) is 0.593. The van der Waals surface area contributed by atoms with Crippen LogP contribution in [0.4, 0.5) is 0 Å². The maximum Gasteiger partial charge on any atom is 0.0438 e. The lowest BCUT2D eigenvalue weighted by Gasteiger charge is -2.17. The maximum absolute atomic E-state index is 8.62. The standard InChI is InChI=1S/C10H23NOS/c1-4-11-9(2)8-10(3)13-7-5-6-12/h9-12H,4-8H2,1-3H3. The summed E-state index contributed by atoms with van der Waals surface area (Å²) in [5.41, 5.74) is 0. The predicted octanol–water partition coefficient (Wildman–Crippen LogP) is 1.88. The zero-order chi connectivity index (χ0) is 10.1. The number of aliphatic hydroxyl groups excluding tert-OH is 1. The summed E-state index contributed by atoms with van der Waals surface area (Å²) in [6.45, 7) is 8.00. The minimum Gasteiger partial charge on any atom is -0.396 e. The summed E-state index contributed by atoms with van der Waals surface area (Å²) in [6.07, 6.45) is 2.13. The van der Waals surface area contributed by atoms with Crippen LogP contribution in [0.5, 0.6) is 0 Å². The van der Waals surface area contributed by atoms with Crippen LogP contribution in [0.15, 0.2) is 0 Å². The van der Waals surface area contributed by atoms with E-state index in [-0.39, 0.29) is 0 Å². The second kappa shape index (κ2) is 8.85. The van der Waals surface area contributed by atoms with E-state index < -0.39 is 0 Å². The van der Waals surface area contributed by atoms with Gasteiger partial charge in [0.05, 0.1) is 0 Å². The van der Waals surface area contributed by atoms with E-state index in [4.69, 9.17) is 5.11 Å². The van der Waals surface area contributed by atoms with E-state index >= 15 is 0 Å². The molecule has 0 aromatic heterocycles. The molecule has 2 atom stereocenters. The molecule has 3 heteroatoms. The summed E-state index contributed by atoms with van der Waals surface area (Å²) in [4.78, 5) is 0. The van der Waals surface area contributed by atoms with Gasteiger partial charge in [0.1, 0.15) is 0 Å². The van der Waals surface area contributed by atoms with E-state index in [1.165, 1.54) is 6.42 Å². The lowest BCUT2D eigenvalue weighted by molar-refractivity contribution is 0.296. The Bertz CT molecular complexity index is 111. The lowest BCUT2D eigenvalue weighted by atomic mass is 10.2. The van der Waals surface area contributed by atoms with Crippen molar-refractivity contribution in [1.82, 2.24) is 5.32 Å². The summed E-state index contributed by atoms with van der Waals surface area (Å²) in [5, 5.41) is 12.7. The first-order chi connectivity index (χ1) is 6.20. The monoisotopic (exact) mass is 205 g/mol. The first-order valence-electron chi connectivity index (χ1n) is 5.16. The van der Waals surface area contributed by atoms with Crippen molar-refractivity contribution in [2.24, 2.45) is 0 Å². The van der Waals surface area contributed by atoms with Crippen LogP contribution < -0.4 is 5.32 Å². The van der Waals surface area contributed by atoms with Gasteiger partial charge in [0.2, 0.25) is 0 Å². The third-order valence-corrected chi connectivity index (χ3v) is 3.23. The molecule has 0 amide bonds. The first kappa shape index (κ1) is 13.3. The van der Waals surface area contributed by atoms with Crippen molar-refractivity contribution in [3.05, 3.63) is 0 Å². The summed E-state index contributed by atoms with van der Waals surface area (Å²) in [7, 11) is 0. The average Bonchev–Trinajstić information content (AvgIpc) is 2.05. The largest absolute Gasteiger partial charge is 0.396 e. The van der Waals surface area contributed by atoms with Gasteiger partial charge in [-0.15, -0.1) is 0 Å². The van der Waals surface area contributed by atoms with E-state index in [1.54, 1.807) is 0 Å². The van der Waals surface area contributed by atoms with Gasteiger partial charge in [-0.3, -0.25) is 0 Å². The van der Waals surface area contributed by atoms with E-state index in [0.29, 0.717) is 17.9 Å². The molecule has 0 aliphatic rings. The van der Waals surface area contributed by atoms with Crippen molar-refractivity contribution in [3.63, 3.8) is 0 Å². The molecule has 0 aromatic carbocycles. The fourth-order valence-corrected chi connectivity index (χ4v) is 2.47. The highest BCUT2D eigenvalue weighted by Crippen LogP contribution is 2.16. The Balaban J connectivity index is 3.32. The Kier molecular flexibility index (Phi) is 9.03. The second-order valence-electron chi connectivity index (χ2n) is 3.45. The van der Waals surface area contributed by atoms with Crippen molar-refractivity contribution >= 4 is 11.8 Å². The fraction of sp³-hybridized carbons (Fsp3) is 1.00. The van der Waals surface area contributed by atoms with Gasteiger partial charge in [0.15, 0.2) is 0 Å². The van der Waals surface area contributed by atoms with Gasteiger partial charge in [-0.05, 0) is 32.1 Å². The third kappa shape index (κ3) is 8.60. The molecule has 0 aliphatic heterocycles. The van der Waals surface area contributed by atoms with Crippen LogP contribution in [-0.4, -0.2) is 35.3 Å². The van der Waals surface area contributed by atoms with Crippen molar-refractivity contribution in [2.45, 2.75) is 44.9 Å². The molecule has 2 N–H and O–H groups in total. The molecule has 0 aromatic rings. The Morgan fingerprint density at radius 2 is 2.08 bits per heavy atom. The van der Waals surface area contributed by atoms with Gasteiger partial charge in [-0.25, -0.2) is 0 Å². The number of rotatable bonds is 8. The Morgan fingerprint density at radius 1 is 1.38 bits per heavy atom. The van der Waals surface area contributed by atoms with Crippen LogP contribution in [0.25, 0.3) is 0 Å². The molecule has 0 fully saturated rings. The van der Waals surface area contributed by atoms with Crippen LogP contribution in [0.1, 0.15) is 33.6 Å². The molecule has 0 saturated carbocycles. The molecule has 0 rings (SSSR count). The lowest BCUT2D eigenvalue weighted by Crippen LogP contribution is -2.28. The van der Waals surface area contributed by atoms with Crippen LogP contribution in [0, 0.1) is 0 Å². The normalized spacial score (nSPS) is 15.7. The highest BCUT2D eigenvalue weighted by atomic mass is 32.2. The molecule has 80 valence electrons. The molecule has 0 aliphatic carbocycles. The molecule has 13 heavy (non-hydrogen) atoms. The SMILES string of the molecule is CCNC(C)CC(C)SCCCO. The summed E-state index contributed by atoms with van der Waals surface area (Å²) in [5.74, 6) is 1.08. The number of hydrogen-bond acceptors (Lipinski definition) is 3. The Labute approximate surface area is 86.5 Å². The van der Waals surface area contributed by atoms with E-state index in [0.717, 1.165) is 18.7 Å². The minimum atomic E-state index is 0.322. The Morgan fingerprint density at radius 3 is 2.62 bits per heavy atom. The summed E-state index contributed by atoms with van der Waals surface area (Å²) in [6, 6.07) is 0.613. The van der Waals surface area contributed by atoms with Crippen molar-refractivity contribution < 1.29 is 5.11 Å². The van der Waals surface area contributed by atoms with Gasteiger partial charge >= 0.3 is 0 Å². The highest BCUT2D eigenvalue weighted by Gasteiger charge is 2.07. The van der Waals surface area contributed by atoms with Gasteiger partial charge < -0.3 is 10.4 Å². The van der Waals surface area contributed by atoms with Crippen LogP contribution in [0.2, 0.25) is 0 Å². The van der Waals surface area contributed by atoms with Crippen LogP contribution >= 0.6 is 11.8 Å². The molecule has 2 nitrogen and oxygen atoms in total. The van der Waals surface area contributed by atoms with E-state index in [2.05, 4.69) is 26.1 Å². The molecule has 0 saturated heterocycles. The van der Waals surface area contributed by atoms with Gasteiger partial charge in [-0.2, -0.15) is 11.8 Å². The van der Waals surface area contributed by atoms with Gasteiger partial charge in [-0.1, -0.05) is 13.8 Å². The molecular formula is C10H23NOS. The number of hydrogen-bond donors (Lipinski definition) is 2. The topological polar surface area (TPSA) is 32.3 Å². The van der Waals surface area contributed by atoms with E-state index in [1.807, 2.05) is 11.8 Å². The number of thioether (sulfide) groups is 1. The third-order valence-electron chi connectivity index (χ3n) is 1.94. The average molecular weight is 205 g/mol. The number of nitrogens with one attached hydrogen (secondary N) is 1. The van der Waals surface area contributed by atoms with Gasteiger partial charge in [0.25, 0.3) is 0 Å². The van der Waals surface area contributed by atoms with Crippen molar-refractivity contribution in [3.8, 4) is 0 Å². The minimum absolute atomic E-state index is 0.322. The first-order valence-corrected chi connectivity index (χ1v) is 6.21. The van der Waals surface area contributed by atoms with Crippen LogP contribution in [-0.2, 0) is 0 Å². The maximum atomic E-state index is 8.62. The molecule has 0 bridgehead atoms. The molecule has 2 unspecified atom stereocenters. The van der Waals surface area contributed by atoms with Crippen molar-refractivity contribution in [1.29, 1.82) is 0 Å². The fourth-order valence-electron chi connectivity index (χ4n) is 1.35. The summed E-state index contributed by atoms with van der Waals surface area (Å²) < 4.78 is 0. The van der Waals surface area contributed by atoms with E-state index in [9.17, 15) is 0 Å². The summed E-state index contributed by atoms with van der Waals surface area (Å²) >= 11 is 1.96. The zero-order valence-corrected chi connectivity index (χ0v) is 9.86. The highest BCUT2D eigenvalue weighted by molar-refractivity contribution is 7.99. The van der Waals surface area contributed by atoms with Gasteiger partial charge in [0, 0.05) is 17.9 Å². The van der Waals surface area contributed by atoms with Crippen LogP contribution in [0.3, 0.4) is 0 Å².